The minimum Gasteiger partial charge on any atom is -0.507 e. The largest absolute Gasteiger partial charge is 0.507 e. The summed E-state index contributed by atoms with van der Waals surface area (Å²) in [5.74, 6) is -0.649. The van der Waals surface area contributed by atoms with Crippen LogP contribution in [0.25, 0.3) is 5.76 Å². The third-order valence-electron chi connectivity index (χ3n) is 5.59. The van der Waals surface area contributed by atoms with Gasteiger partial charge in [0.15, 0.2) is 0 Å². The highest BCUT2D eigenvalue weighted by molar-refractivity contribution is 6.46. The zero-order valence-corrected chi connectivity index (χ0v) is 19.1. The van der Waals surface area contributed by atoms with Crippen molar-refractivity contribution in [2.75, 3.05) is 33.8 Å². The van der Waals surface area contributed by atoms with E-state index in [9.17, 15) is 14.7 Å². The van der Waals surface area contributed by atoms with Crippen LogP contribution in [0.4, 0.5) is 0 Å². The first-order valence-electron chi connectivity index (χ1n) is 11.1. The molecule has 0 spiro atoms. The molecule has 6 nitrogen and oxygen atoms in total. The Labute approximate surface area is 190 Å². The number of ketones is 1. The number of aliphatic hydroxyl groups is 1. The Hall–Kier alpha value is -3.12. The molecule has 0 aliphatic carbocycles. The van der Waals surface area contributed by atoms with Gasteiger partial charge in [0.1, 0.15) is 11.5 Å². The van der Waals surface area contributed by atoms with Crippen LogP contribution in [0.3, 0.4) is 0 Å². The average molecular weight is 437 g/mol. The third kappa shape index (κ3) is 5.37. The number of hydrogen-bond acceptors (Lipinski definition) is 5. The molecule has 1 N–H and O–H groups in total. The number of likely N-dealkylation sites (N-methyl/N-ethyl adjacent to an activating group) is 1. The number of rotatable bonds is 10. The van der Waals surface area contributed by atoms with Gasteiger partial charge < -0.3 is 19.6 Å². The number of ether oxygens (including phenoxy) is 1. The van der Waals surface area contributed by atoms with Gasteiger partial charge in [0.2, 0.25) is 0 Å². The molecule has 1 aliphatic rings. The van der Waals surface area contributed by atoms with E-state index in [0.717, 1.165) is 30.6 Å². The first-order chi connectivity index (χ1) is 15.4. The minimum atomic E-state index is -0.657. The lowest BCUT2D eigenvalue weighted by atomic mass is 9.95. The van der Waals surface area contributed by atoms with Crippen molar-refractivity contribution in [1.29, 1.82) is 0 Å². The lowest BCUT2D eigenvalue weighted by Crippen LogP contribution is -2.35. The van der Waals surface area contributed by atoms with Gasteiger partial charge in [0.25, 0.3) is 11.7 Å². The van der Waals surface area contributed by atoms with E-state index in [1.165, 1.54) is 0 Å². The molecule has 0 radical (unpaired) electrons. The molecule has 32 heavy (non-hydrogen) atoms. The Morgan fingerprint density at radius 1 is 1.03 bits per heavy atom. The number of benzene rings is 2. The second-order valence-corrected chi connectivity index (χ2v) is 8.29. The maximum absolute atomic E-state index is 13.0. The van der Waals surface area contributed by atoms with Gasteiger partial charge in [-0.25, -0.2) is 0 Å². The van der Waals surface area contributed by atoms with Crippen LogP contribution in [-0.2, 0) is 9.59 Å². The number of Topliss-reactive ketones (excluding diaryl/α,β-unsaturated/α-hetero) is 1. The highest BCUT2D eigenvalue weighted by Gasteiger charge is 2.45. The SMILES string of the molecule is CCCCCOc1ccc(C2C(=C(O)c3ccccc3)C(=O)C(=O)N2CCN(C)C)cc1. The molecule has 6 heteroatoms. The van der Waals surface area contributed by atoms with Gasteiger partial charge in [-0.05, 0) is 38.2 Å². The summed E-state index contributed by atoms with van der Waals surface area (Å²) in [5.41, 5.74) is 1.40. The van der Waals surface area contributed by atoms with Gasteiger partial charge in [-0.15, -0.1) is 0 Å². The predicted octanol–water partition coefficient (Wildman–Crippen LogP) is 4.24. The number of amides is 1. The summed E-state index contributed by atoms with van der Waals surface area (Å²) in [4.78, 5) is 29.4. The number of hydrogen-bond donors (Lipinski definition) is 1. The van der Waals surface area contributed by atoms with Gasteiger partial charge in [0, 0.05) is 18.7 Å². The quantitative estimate of drug-likeness (QED) is 0.261. The van der Waals surface area contributed by atoms with Crippen molar-refractivity contribution in [3.05, 3.63) is 71.3 Å². The number of unbranched alkanes of at least 4 members (excludes halogenated alkanes) is 2. The highest BCUT2D eigenvalue weighted by Crippen LogP contribution is 2.39. The smallest absolute Gasteiger partial charge is 0.295 e. The molecule has 1 heterocycles. The molecular weight excluding hydrogens is 404 g/mol. The summed E-state index contributed by atoms with van der Waals surface area (Å²) >= 11 is 0. The summed E-state index contributed by atoms with van der Waals surface area (Å²) in [6.07, 6.45) is 3.26. The van der Waals surface area contributed by atoms with Crippen LogP contribution in [0, 0.1) is 0 Å². The van der Waals surface area contributed by atoms with Crippen LogP contribution in [-0.4, -0.2) is 60.4 Å². The van der Waals surface area contributed by atoms with Crippen LogP contribution in [0.15, 0.2) is 60.2 Å². The molecule has 2 aromatic rings. The average Bonchev–Trinajstić information content (AvgIpc) is 3.06. The predicted molar refractivity (Wildman–Crippen MR) is 125 cm³/mol. The molecule has 1 unspecified atom stereocenters. The number of likely N-dealkylation sites (tertiary alicyclic amines) is 1. The molecule has 170 valence electrons. The second-order valence-electron chi connectivity index (χ2n) is 8.29. The fourth-order valence-electron chi connectivity index (χ4n) is 3.80. The summed E-state index contributed by atoms with van der Waals surface area (Å²) in [6.45, 7) is 3.79. The molecule has 3 rings (SSSR count). The van der Waals surface area contributed by atoms with Crippen molar-refractivity contribution in [3.63, 3.8) is 0 Å². The Morgan fingerprint density at radius 3 is 2.34 bits per heavy atom. The molecule has 0 aromatic heterocycles. The van der Waals surface area contributed by atoms with E-state index in [4.69, 9.17) is 4.74 Å². The zero-order chi connectivity index (χ0) is 23.1. The van der Waals surface area contributed by atoms with E-state index >= 15 is 0 Å². The van der Waals surface area contributed by atoms with E-state index in [1.54, 1.807) is 29.2 Å². The number of carbonyl (C=O) groups is 2. The Kier molecular flexibility index (Phi) is 8.06. The van der Waals surface area contributed by atoms with E-state index in [0.29, 0.717) is 25.3 Å². The van der Waals surface area contributed by atoms with E-state index in [-0.39, 0.29) is 11.3 Å². The van der Waals surface area contributed by atoms with Crippen molar-refractivity contribution in [1.82, 2.24) is 9.80 Å². The van der Waals surface area contributed by atoms with Gasteiger partial charge in [0.05, 0.1) is 18.2 Å². The van der Waals surface area contributed by atoms with Gasteiger partial charge >= 0.3 is 0 Å². The monoisotopic (exact) mass is 436 g/mol. The normalized spacial score (nSPS) is 17.9. The van der Waals surface area contributed by atoms with Gasteiger partial charge in [-0.2, -0.15) is 0 Å². The molecule has 1 aliphatic heterocycles. The molecule has 2 aromatic carbocycles. The molecule has 1 fully saturated rings. The van der Waals surface area contributed by atoms with Crippen LogP contribution < -0.4 is 4.74 Å². The first kappa shape index (κ1) is 23.5. The topological polar surface area (TPSA) is 70.1 Å². The second kappa shape index (κ2) is 11.0. The van der Waals surface area contributed by atoms with Crippen LogP contribution >= 0.6 is 0 Å². The third-order valence-corrected chi connectivity index (χ3v) is 5.59. The maximum atomic E-state index is 13.0. The van der Waals surface area contributed by atoms with Crippen molar-refractivity contribution in [2.45, 2.75) is 32.2 Å². The number of carbonyl (C=O) groups excluding carboxylic acids is 2. The van der Waals surface area contributed by atoms with Crippen molar-refractivity contribution in [2.24, 2.45) is 0 Å². The maximum Gasteiger partial charge on any atom is 0.295 e. The van der Waals surface area contributed by atoms with Crippen molar-refractivity contribution in [3.8, 4) is 5.75 Å². The summed E-state index contributed by atoms with van der Waals surface area (Å²) < 4.78 is 5.80. The summed E-state index contributed by atoms with van der Waals surface area (Å²) in [7, 11) is 3.83. The molecule has 1 amide bonds. The molecule has 0 bridgehead atoms. The van der Waals surface area contributed by atoms with Gasteiger partial charge in [-0.3, -0.25) is 9.59 Å². The number of aliphatic hydroxyl groups excluding tert-OH is 1. The first-order valence-corrected chi connectivity index (χ1v) is 11.1. The lowest BCUT2D eigenvalue weighted by molar-refractivity contribution is -0.140. The van der Waals surface area contributed by atoms with Crippen molar-refractivity contribution >= 4 is 17.4 Å². The van der Waals surface area contributed by atoms with Crippen LogP contribution in [0.5, 0.6) is 5.75 Å². The Bertz CT molecular complexity index is 952. The fourth-order valence-corrected chi connectivity index (χ4v) is 3.80. The Morgan fingerprint density at radius 2 is 1.72 bits per heavy atom. The van der Waals surface area contributed by atoms with E-state index in [1.807, 2.05) is 49.3 Å². The van der Waals surface area contributed by atoms with Gasteiger partial charge in [-0.1, -0.05) is 62.2 Å². The standard InChI is InChI=1S/C26H32N2O4/c1-4-5-9-18-32-21-14-12-19(13-15-21)23-22(24(29)20-10-7-6-8-11-20)25(30)26(31)28(23)17-16-27(2)3/h6-8,10-15,23,29H,4-5,9,16-18H2,1-3H3. The van der Waals surface area contributed by atoms with E-state index in [2.05, 4.69) is 6.92 Å². The highest BCUT2D eigenvalue weighted by atomic mass is 16.5. The minimum absolute atomic E-state index is 0.122. The molecule has 0 saturated carbocycles. The van der Waals surface area contributed by atoms with Crippen LogP contribution in [0.2, 0.25) is 0 Å². The molecule has 1 saturated heterocycles. The zero-order valence-electron chi connectivity index (χ0n) is 19.1. The lowest BCUT2D eigenvalue weighted by Gasteiger charge is -2.26. The Balaban J connectivity index is 1.96. The van der Waals surface area contributed by atoms with Crippen LogP contribution in [0.1, 0.15) is 43.4 Å². The number of nitrogens with zero attached hydrogens (tertiary/aromatic N) is 2. The summed E-state index contributed by atoms with van der Waals surface area (Å²) in [5, 5.41) is 11.0. The molecule has 1 atom stereocenters. The van der Waals surface area contributed by atoms with Crippen molar-refractivity contribution < 1.29 is 19.4 Å². The summed E-state index contributed by atoms with van der Waals surface area (Å²) in [6, 6.07) is 15.7. The molecular formula is C26H32N2O4. The fraction of sp³-hybridized carbons (Fsp3) is 0.385. The van der Waals surface area contributed by atoms with E-state index < -0.39 is 17.7 Å².